The van der Waals surface area contributed by atoms with Gasteiger partial charge in [0, 0.05) is 11.8 Å². The number of hydrogen-bond acceptors (Lipinski definition) is 4. The van der Waals surface area contributed by atoms with Crippen molar-refractivity contribution in [2.75, 3.05) is 12.9 Å². The molecular weight excluding hydrogens is 312 g/mol. The van der Waals surface area contributed by atoms with Gasteiger partial charge in [0.1, 0.15) is 5.75 Å². The van der Waals surface area contributed by atoms with Crippen molar-refractivity contribution in [2.24, 2.45) is 0 Å². The van der Waals surface area contributed by atoms with Gasteiger partial charge in [-0.3, -0.25) is 4.79 Å². The number of benzene rings is 2. The van der Waals surface area contributed by atoms with E-state index in [0.29, 0.717) is 11.3 Å². The summed E-state index contributed by atoms with van der Waals surface area (Å²) in [6.45, 7) is -0.0585. The van der Waals surface area contributed by atoms with Gasteiger partial charge >= 0.3 is 0 Å². The number of Topliss-reactive ketones (excluding diaryl/α,β-unsaturated/α-hetero) is 1. The molecule has 0 atom stereocenters. The smallest absolute Gasteiger partial charge is 0.200 e. The molecule has 0 amide bonds. The molecule has 23 heavy (non-hydrogen) atoms. The Bertz CT molecular complexity index is 836. The molecule has 0 saturated heterocycles. The molecule has 0 saturated carbocycles. The van der Waals surface area contributed by atoms with E-state index >= 15 is 0 Å². The third-order valence-electron chi connectivity index (χ3n) is 4.04. The zero-order valence-corrected chi connectivity index (χ0v) is 13.7. The first-order valence-corrected chi connectivity index (χ1v) is 9.40. The van der Waals surface area contributed by atoms with Crippen LogP contribution in [0.15, 0.2) is 47.4 Å². The molecule has 0 bridgehead atoms. The third-order valence-corrected chi connectivity index (χ3v) is 5.17. The maximum Gasteiger partial charge on any atom is 0.200 e. The Morgan fingerprint density at radius 1 is 1.04 bits per heavy atom. The van der Waals surface area contributed by atoms with Crippen molar-refractivity contribution in [1.82, 2.24) is 0 Å². The van der Waals surface area contributed by atoms with Crippen molar-refractivity contribution >= 4 is 15.6 Å². The van der Waals surface area contributed by atoms with Crippen molar-refractivity contribution in [3.05, 3.63) is 59.2 Å². The van der Waals surface area contributed by atoms with E-state index in [1.807, 2.05) is 18.2 Å². The topological polar surface area (TPSA) is 60.4 Å². The predicted molar refractivity (Wildman–Crippen MR) is 87.8 cm³/mol. The highest BCUT2D eigenvalue weighted by molar-refractivity contribution is 7.90. The highest BCUT2D eigenvalue weighted by atomic mass is 32.2. The van der Waals surface area contributed by atoms with Crippen molar-refractivity contribution in [3.63, 3.8) is 0 Å². The second-order valence-electron chi connectivity index (χ2n) is 5.79. The molecule has 5 heteroatoms. The van der Waals surface area contributed by atoms with Crippen LogP contribution in [0.5, 0.6) is 5.75 Å². The SMILES string of the molecule is CS(=O)(=O)c1ccc(OCC(=O)c2ccc3c(c2)CCC3)cc1. The monoisotopic (exact) mass is 330 g/mol. The number of sulfone groups is 1. The normalized spacial score (nSPS) is 13.6. The Kier molecular flexibility index (Phi) is 4.22. The van der Waals surface area contributed by atoms with E-state index in [2.05, 4.69) is 0 Å². The summed E-state index contributed by atoms with van der Waals surface area (Å²) in [5, 5.41) is 0. The van der Waals surface area contributed by atoms with Crippen LogP contribution in [0.2, 0.25) is 0 Å². The van der Waals surface area contributed by atoms with Crippen LogP contribution >= 0.6 is 0 Å². The minimum Gasteiger partial charge on any atom is -0.485 e. The fourth-order valence-corrected chi connectivity index (χ4v) is 3.39. The van der Waals surface area contributed by atoms with Crippen LogP contribution in [-0.2, 0) is 22.7 Å². The van der Waals surface area contributed by atoms with Gasteiger partial charge < -0.3 is 4.74 Å². The first kappa shape index (κ1) is 15.7. The molecule has 0 radical (unpaired) electrons. The molecule has 0 N–H and O–H groups in total. The highest BCUT2D eigenvalue weighted by Gasteiger charge is 2.14. The fraction of sp³-hybridized carbons (Fsp3) is 0.278. The number of rotatable bonds is 5. The molecule has 4 nitrogen and oxygen atoms in total. The molecular formula is C18H18O4S. The number of fused-ring (bicyclic) bond motifs is 1. The van der Waals surface area contributed by atoms with Crippen LogP contribution in [-0.4, -0.2) is 27.1 Å². The second-order valence-corrected chi connectivity index (χ2v) is 7.81. The van der Waals surface area contributed by atoms with Crippen LogP contribution in [0.4, 0.5) is 0 Å². The number of ether oxygens (including phenoxy) is 1. The molecule has 120 valence electrons. The minimum atomic E-state index is -3.22. The lowest BCUT2D eigenvalue weighted by Gasteiger charge is -2.07. The molecule has 0 spiro atoms. The predicted octanol–water partition coefficient (Wildman–Crippen LogP) is 2.84. The van der Waals surface area contributed by atoms with E-state index in [1.165, 1.54) is 23.3 Å². The summed E-state index contributed by atoms with van der Waals surface area (Å²) < 4.78 is 28.3. The zero-order valence-electron chi connectivity index (χ0n) is 12.9. The van der Waals surface area contributed by atoms with Gasteiger partial charge in [0.05, 0.1) is 4.90 Å². The summed E-state index contributed by atoms with van der Waals surface area (Å²) in [7, 11) is -3.22. The van der Waals surface area contributed by atoms with E-state index in [1.54, 1.807) is 12.1 Å². The van der Waals surface area contributed by atoms with Gasteiger partial charge in [-0.25, -0.2) is 8.42 Å². The molecule has 1 aliphatic carbocycles. The van der Waals surface area contributed by atoms with Gasteiger partial charge in [0.15, 0.2) is 22.2 Å². The van der Waals surface area contributed by atoms with Gasteiger partial charge in [-0.2, -0.15) is 0 Å². The lowest BCUT2D eigenvalue weighted by Crippen LogP contribution is -2.12. The molecule has 1 aliphatic rings. The average molecular weight is 330 g/mol. The summed E-state index contributed by atoms with van der Waals surface area (Å²) in [6.07, 6.45) is 4.42. The first-order chi connectivity index (χ1) is 10.9. The Morgan fingerprint density at radius 2 is 1.74 bits per heavy atom. The minimum absolute atomic E-state index is 0.0585. The highest BCUT2D eigenvalue weighted by Crippen LogP contribution is 2.23. The van der Waals surface area contributed by atoms with Crippen LogP contribution in [0, 0.1) is 0 Å². The largest absolute Gasteiger partial charge is 0.485 e. The molecule has 0 heterocycles. The molecule has 0 aliphatic heterocycles. The summed E-state index contributed by atoms with van der Waals surface area (Å²) in [5.41, 5.74) is 3.26. The average Bonchev–Trinajstić information content (AvgIpc) is 2.99. The summed E-state index contributed by atoms with van der Waals surface area (Å²) in [6, 6.07) is 11.9. The first-order valence-electron chi connectivity index (χ1n) is 7.51. The Labute approximate surface area is 136 Å². The van der Waals surface area contributed by atoms with E-state index in [9.17, 15) is 13.2 Å². The van der Waals surface area contributed by atoms with Crippen molar-refractivity contribution in [2.45, 2.75) is 24.2 Å². The molecule has 0 unspecified atom stereocenters. The number of hydrogen-bond donors (Lipinski definition) is 0. The van der Waals surface area contributed by atoms with Crippen molar-refractivity contribution in [1.29, 1.82) is 0 Å². The molecule has 0 aromatic heterocycles. The summed E-state index contributed by atoms with van der Waals surface area (Å²) >= 11 is 0. The van der Waals surface area contributed by atoms with Crippen LogP contribution in [0.3, 0.4) is 0 Å². The van der Waals surface area contributed by atoms with E-state index in [0.717, 1.165) is 25.5 Å². The lowest BCUT2D eigenvalue weighted by atomic mass is 10.0. The third kappa shape index (κ3) is 3.62. The standard InChI is InChI=1S/C18H18O4S/c1-23(20,21)17-9-7-16(8-10-17)22-12-18(19)15-6-5-13-3-2-4-14(13)11-15/h5-11H,2-4,12H2,1H3. The van der Waals surface area contributed by atoms with Crippen molar-refractivity contribution in [3.8, 4) is 5.75 Å². The number of ketones is 1. The van der Waals surface area contributed by atoms with Crippen LogP contribution in [0.25, 0.3) is 0 Å². The van der Waals surface area contributed by atoms with Gasteiger partial charge in [0.25, 0.3) is 0 Å². The van der Waals surface area contributed by atoms with Gasteiger partial charge in [-0.05, 0) is 60.7 Å². The quantitative estimate of drug-likeness (QED) is 0.791. The molecule has 2 aromatic carbocycles. The van der Waals surface area contributed by atoms with Gasteiger partial charge in [0.2, 0.25) is 0 Å². The maximum atomic E-state index is 12.2. The zero-order chi connectivity index (χ0) is 16.4. The van der Waals surface area contributed by atoms with E-state index < -0.39 is 9.84 Å². The maximum absolute atomic E-state index is 12.2. The fourth-order valence-electron chi connectivity index (χ4n) is 2.76. The van der Waals surface area contributed by atoms with Gasteiger partial charge in [-0.15, -0.1) is 0 Å². The molecule has 3 rings (SSSR count). The summed E-state index contributed by atoms with van der Waals surface area (Å²) in [5.74, 6) is 0.402. The number of carbonyl (C=O) groups is 1. The Hall–Kier alpha value is -2.14. The van der Waals surface area contributed by atoms with Crippen LogP contribution < -0.4 is 4.74 Å². The number of aryl methyl sites for hydroxylation is 2. The number of carbonyl (C=O) groups excluding carboxylic acids is 1. The Balaban J connectivity index is 1.65. The molecule has 0 fully saturated rings. The summed E-state index contributed by atoms with van der Waals surface area (Å²) in [4.78, 5) is 12.5. The van der Waals surface area contributed by atoms with Crippen LogP contribution in [0.1, 0.15) is 27.9 Å². The Morgan fingerprint density at radius 3 is 2.43 bits per heavy atom. The second kappa shape index (κ2) is 6.16. The molecule has 2 aromatic rings. The van der Waals surface area contributed by atoms with Crippen molar-refractivity contribution < 1.29 is 17.9 Å². The lowest BCUT2D eigenvalue weighted by molar-refractivity contribution is 0.0921. The van der Waals surface area contributed by atoms with E-state index in [-0.39, 0.29) is 17.3 Å². The van der Waals surface area contributed by atoms with E-state index in [4.69, 9.17) is 4.74 Å². The van der Waals surface area contributed by atoms with Gasteiger partial charge in [-0.1, -0.05) is 12.1 Å².